The summed E-state index contributed by atoms with van der Waals surface area (Å²) >= 11 is 6.25. The highest BCUT2D eigenvalue weighted by Gasteiger charge is 2.28. The van der Waals surface area contributed by atoms with E-state index >= 15 is 0 Å². The van der Waals surface area contributed by atoms with Crippen LogP contribution in [-0.2, 0) is 6.42 Å². The first kappa shape index (κ1) is 8.09. The Balaban J connectivity index is 2.35. The van der Waals surface area contributed by atoms with Crippen molar-refractivity contribution in [2.75, 3.05) is 7.05 Å². The number of likely N-dealkylation sites (N-methyl/N-ethyl adjacent to an activating group) is 1. The molecule has 1 aromatic carbocycles. The molecule has 0 heterocycles. The van der Waals surface area contributed by atoms with Crippen molar-refractivity contribution in [3.8, 4) is 0 Å². The van der Waals surface area contributed by atoms with Crippen LogP contribution in [-0.4, -0.2) is 13.1 Å². The van der Waals surface area contributed by atoms with Gasteiger partial charge in [0.05, 0.1) is 5.38 Å². The van der Waals surface area contributed by atoms with Gasteiger partial charge in [0, 0.05) is 6.04 Å². The molecule has 0 aromatic heterocycles. The van der Waals surface area contributed by atoms with E-state index < -0.39 is 0 Å². The maximum absolute atomic E-state index is 6.25. The second kappa shape index (κ2) is 3.08. The fraction of sp³-hybridized carbons (Fsp3) is 0.400. The number of rotatable bonds is 1. The lowest BCUT2D eigenvalue weighted by molar-refractivity contribution is 0.580. The highest BCUT2D eigenvalue weighted by atomic mass is 35.5. The van der Waals surface area contributed by atoms with Crippen molar-refractivity contribution < 1.29 is 0 Å². The normalized spacial score (nSPS) is 27.2. The largest absolute Gasteiger partial charge is 0.315 e. The number of benzene rings is 1. The average molecular weight is 182 g/mol. The second-order valence-electron chi connectivity index (χ2n) is 3.20. The highest BCUT2D eigenvalue weighted by Crippen LogP contribution is 2.35. The van der Waals surface area contributed by atoms with Gasteiger partial charge in [0.25, 0.3) is 0 Å². The molecule has 2 unspecified atom stereocenters. The van der Waals surface area contributed by atoms with Gasteiger partial charge in [-0.2, -0.15) is 0 Å². The van der Waals surface area contributed by atoms with Gasteiger partial charge in [0.15, 0.2) is 0 Å². The summed E-state index contributed by atoms with van der Waals surface area (Å²) < 4.78 is 0. The average Bonchev–Trinajstić information content (AvgIpc) is 2.44. The van der Waals surface area contributed by atoms with E-state index in [4.69, 9.17) is 11.6 Å². The number of nitrogens with one attached hydrogen (secondary N) is 1. The minimum absolute atomic E-state index is 0.145. The lowest BCUT2D eigenvalue weighted by Crippen LogP contribution is -2.26. The summed E-state index contributed by atoms with van der Waals surface area (Å²) in [7, 11) is 1.96. The van der Waals surface area contributed by atoms with Crippen LogP contribution in [0.25, 0.3) is 0 Å². The molecular formula is C10H12ClN. The molecule has 1 aliphatic carbocycles. The van der Waals surface area contributed by atoms with Crippen LogP contribution < -0.4 is 5.32 Å². The molecule has 1 aliphatic rings. The molecule has 0 saturated carbocycles. The van der Waals surface area contributed by atoms with Gasteiger partial charge in [-0.25, -0.2) is 0 Å². The van der Waals surface area contributed by atoms with Crippen LogP contribution in [0.15, 0.2) is 24.3 Å². The van der Waals surface area contributed by atoms with Gasteiger partial charge in [-0.15, -0.1) is 11.6 Å². The number of fused-ring (bicyclic) bond motifs is 1. The first-order valence-electron chi connectivity index (χ1n) is 4.22. The fourth-order valence-electron chi connectivity index (χ4n) is 1.79. The lowest BCUT2D eigenvalue weighted by Gasteiger charge is -2.11. The number of alkyl halides is 1. The molecule has 0 amide bonds. The van der Waals surface area contributed by atoms with Crippen LogP contribution >= 0.6 is 11.6 Å². The maximum Gasteiger partial charge on any atom is 0.0744 e. The summed E-state index contributed by atoms with van der Waals surface area (Å²) in [6, 6.07) is 8.79. The van der Waals surface area contributed by atoms with E-state index in [1.165, 1.54) is 11.1 Å². The van der Waals surface area contributed by atoms with Gasteiger partial charge in [0.2, 0.25) is 0 Å². The Hall–Kier alpha value is -0.530. The van der Waals surface area contributed by atoms with E-state index in [2.05, 4.69) is 23.5 Å². The molecule has 2 atom stereocenters. The third kappa shape index (κ3) is 1.13. The van der Waals surface area contributed by atoms with Crippen LogP contribution in [0, 0.1) is 0 Å². The summed E-state index contributed by atoms with van der Waals surface area (Å²) in [6.45, 7) is 0. The highest BCUT2D eigenvalue weighted by molar-refractivity contribution is 6.21. The Bertz CT molecular complexity index is 285. The molecule has 0 saturated heterocycles. The minimum Gasteiger partial charge on any atom is -0.315 e. The summed E-state index contributed by atoms with van der Waals surface area (Å²) in [5.74, 6) is 0. The van der Waals surface area contributed by atoms with Crippen molar-refractivity contribution in [1.29, 1.82) is 0 Å². The van der Waals surface area contributed by atoms with Gasteiger partial charge < -0.3 is 5.32 Å². The minimum atomic E-state index is 0.145. The number of hydrogen-bond acceptors (Lipinski definition) is 1. The molecule has 64 valence electrons. The molecule has 1 aromatic rings. The zero-order chi connectivity index (χ0) is 8.55. The van der Waals surface area contributed by atoms with Crippen molar-refractivity contribution in [2.45, 2.75) is 17.8 Å². The van der Waals surface area contributed by atoms with Crippen LogP contribution in [0.3, 0.4) is 0 Å². The Morgan fingerprint density at radius 1 is 1.42 bits per heavy atom. The van der Waals surface area contributed by atoms with Crippen molar-refractivity contribution in [2.24, 2.45) is 0 Å². The van der Waals surface area contributed by atoms with Crippen LogP contribution in [0.5, 0.6) is 0 Å². The predicted octanol–water partition coefficient (Wildman–Crippen LogP) is 2.11. The molecule has 1 nitrogen and oxygen atoms in total. The van der Waals surface area contributed by atoms with Crippen molar-refractivity contribution in [3.63, 3.8) is 0 Å². The molecule has 2 heteroatoms. The molecule has 2 rings (SSSR count). The quantitative estimate of drug-likeness (QED) is 0.655. The topological polar surface area (TPSA) is 12.0 Å². The SMILES string of the molecule is CNC1Cc2ccccc2C1Cl. The summed E-state index contributed by atoms with van der Waals surface area (Å²) in [5.41, 5.74) is 2.68. The standard InChI is InChI=1S/C10H12ClN/c1-12-9-6-7-4-2-3-5-8(7)10(9)11/h2-5,9-10,12H,6H2,1H3. The molecule has 0 radical (unpaired) electrons. The van der Waals surface area contributed by atoms with Crippen LogP contribution in [0.1, 0.15) is 16.5 Å². The Kier molecular flexibility index (Phi) is 2.07. The molecule has 1 N–H and O–H groups in total. The van der Waals surface area contributed by atoms with Gasteiger partial charge in [-0.05, 0) is 24.6 Å². The van der Waals surface area contributed by atoms with E-state index in [-0.39, 0.29) is 5.38 Å². The summed E-state index contributed by atoms with van der Waals surface area (Å²) in [5, 5.41) is 3.37. The smallest absolute Gasteiger partial charge is 0.0744 e. The Labute approximate surface area is 77.7 Å². The summed E-state index contributed by atoms with van der Waals surface area (Å²) in [6.07, 6.45) is 1.06. The Morgan fingerprint density at radius 3 is 2.83 bits per heavy atom. The summed E-state index contributed by atoms with van der Waals surface area (Å²) in [4.78, 5) is 0. The first-order valence-corrected chi connectivity index (χ1v) is 4.65. The third-order valence-corrected chi connectivity index (χ3v) is 3.06. The molecular weight excluding hydrogens is 170 g/mol. The van der Waals surface area contributed by atoms with Crippen molar-refractivity contribution in [1.82, 2.24) is 5.32 Å². The zero-order valence-corrected chi connectivity index (χ0v) is 7.81. The predicted molar refractivity (Wildman–Crippen MR) is 51.6 cm³/mol. The van der Waals surface area contributed by atoms with E-state index in [1.54, 1.807) is 0 Å². The van der Waals surface area contributed by atoms with E-state index in [1.807, 2.05) is 13.1 Å². The molecule has 12 heavy (non-hydrogen) atoms. The van der Waals surface area contributed by atoms with Gasteiger partial charge in [0.1, 0.15) is 0 Å². The van der Waals surface area contributed by atoms with E-state index in [9.17, 15) is 0 Å². The number of hydrogen-bond donors (Lipinski definition) is 1. The van der Waals surface area contributed by atoms with Crippen LogP contribution in [0.4, 0.5) is 0 Å². The van der Waals surface area contributed by atoms with Crippen LogP contribution in [0.2, 0.25) is 0 Å². The molecule has 0 spiro atoms. The molecule has 0 aliphatic heterocycles. The van der Waals surface area contributed by atoms with Crippen molar-refractivity contribution in [3.05, 3.63) is 35.4 Å². The van der Waals surface area contributed by atoms with Gasteiger partial charge in [-0.3, -0.25) is 0 Å². The van der Waals surface area contributed by atoms with Crippen molar-refractivity contribution >= 4 is 11.6 Å². The molecule has 0 bridgehead atoms. The molecule has 0 fully saturated rings. The third-order valence-electron chi connectivity index (χ3n) is 2.52. The lowest BCUT2D eigenvalue weighted by atomic mass is 10.1. The Morgan fingerprint density at radius 2 is 2.17 bits per heavy atom. The monoisotopic (exact) mass is 181 g/mol. The van der Waals surface area contributed by atoms with Gasteiger partial charge in [-0.1, -0.05) is 24.3 Å². The second-order valence-corrected chi connectivity index (χ2v) is 3.67. The first-order chi connectivity index (χ1) is 5.83. The maximum atomic E-state index is 6.25. The van der Waals surface area contributed by atoms with E-state index in [0.717, 1.165) is 6.42 Å². The fourth-order valence-corrected chi connectivity index (χ4v) is 2.22. The van der Waals surface area contributed by atoms with Gasteiger partial charge >= 0.3 is 0 Å². The zero-order valence-electron chi connectivity index (χ0n) is 7.05. The van der Waals surface area contributed by atoms with E-state index in [0.29, 0.717) is 6.04 Å². The number of halogens is 1.